The maximum absolute atomic E-state index is 15.0. The zero-order chi connectivity index (χ0) is 24.2. The second-order valence-corrected chi connectivity index (χ2v) is 8.48. The predicted molar refractivity (Wildman–Crippen MR) is 129 cm³/mol. The molecule has 1 amide bonds. The maximum Gasteiger partial charge on any atom is 0.259 e. The van der Waals surface area contributed by atoms with Gasteiger partial charge < -0.3 is 14.2 Å². The van der Waals surface area contributed by atoms with E-state index in [2.05, 4.69) is 20.3 Å². The summed E-state index contributed by atoms with van der Waals surface area (Å²) in [6, 6.07) is 8.00. The largest absolute Gasteiger partial charge is 0.496 e. The Morgan fingerprint density at radius 1 is 1.18 bits per heavy atom. The number of pyridine rings is 2. The number of nitrogens with one attached hydrogen (secondary N) is 1. The van der Waals surface area contributed by atoms with Crippen molar-refractivity contribution in [2.45, 2.75) is 6.92 Å². The standard InChI is InChI=1S/C23H20ClFN4O4S/c1-12-10-13(19-17(32-3)6-4-15(24)20(19)25)14(11-26-12)21(30)29-23-27-16-5-7-18(28-22(16)34-23)33-9-8-31-2/h4-7,10-11H,8-9H2,1-3H3,(H,27,29,30). The summed E-state index contributed by atoms with van der Waals surface area (Å²) in [4.78, 5) is 26.8. The Balaban J connectivity index is 1.66. The lowest BCUT2D eigenvalue weighted by atomic mass is 9.98. The Bertz CT molecular complexity index is 1360. The van der Waals surface area contributed by atoms with Crippen molar-refractivity contribution in [1.82, 2.24) is 15.0 Å². The minimum absolute atomic E-state index is 0.0782. The molecule has 3 heterocycles. The smallest absolute Gasteiger partial charge is 0.259 e. The van der Waals surface area contributed by atoms with Crippen LogP contribution in [0.5, 0.6) is 11.6 Å². The number of benzene rings is 1. The molecular formula is C23H20ClFN4O4S. The highest BCUT2D eigenvalue weighted by Crippen LogP contribution is 2.38. The van der Waals surface area contributed by atoms with Crippen LogP contribution >= 0.6 is 22.9 Å². The Morgan fingerprint density at radius 3 is 2.76 bits per heavy atom. The molecule has 0 radical (unpaired) electrons. The van der Waals surface area contributed by atoms with Gasteiger partial charge in [0, 0.05) is 30.6 Å². The van der Waals surface area contributed by atoms with Gasteiger partial charge in [-0.2, -0.15) is 0 Å². The number of rotatable bonds is 8. The third kappa shape index (κ3) is 4.93. The molecule has 1 N–H and O–H groups in total. The second-order valence-electron chi connectivity index (χ2n) is 7.10. The van der Waals surface area contributed by atoms with E-state index < -0.39 is 11.7 Å². The summed E-state index contributed by atoms with van der Waals surface area (Å²) in [5, 5.41) is 2.99. The van der Waals surface area contributed by atoms with E-state index in [4.69, 9.17) is 25.8 Å². The molecule has 176 valence electrons. The number of anilines is 1. The predicted octanol–water partition coefficient (Wildman–Crippen LogP) is 5.14. The van der Waals surface area contributed by atoms with Gasteiger partial charge in [-0.3, -0.25) is 15.1 Å². The normalized spacial score (nSPS) is 11.0. The van der Waals surface area contributed by atoms with Gasteiger partial charge in [0.25, 0.3) is 5.91 Å². The molecule has 0 aliphatic rings. The van der Waals surface area contributed by atoms with Crippen molar-refractivity contribution in [3.05, 3.63) is 58.6 Å². The monoisotopic (exact) mass is 502 g/mol. The molecule has 0 bridgehead atoms. The number of hydrogen-bond acceptors (Lipinski definition) is 8. The van der Waals surface area contributed by atoms with Crippen LogP contribution in [0.2, 0.25) is 5.02 Å². The Kier molecular flexibility index (Phi) is 7.20. The first-order valence-corrected chi connectivity index (χ1v) is 11.3. The zero-order valence-corrected chi connectivity index (χ0v) is 20.1. The van der Waals surface area contributed by atoms with E-state index in [1.165, 1.54) is 30.7 Å². The van der Waals surface area contributed by atoms with Crippen LogP contribution in [0, 0.1) is 12.7 Å². The number of methoxy groups -OCH3 is 2. The fourth-order valence-corrected chi connectivity index (χ4v) is 4.21. The summed E-state index contributed by atoms with van der Waals surface area (Å²) in [5.74, 6) is -0.531. The number of hydrogen-bond donors (Lipinski definition) is 1. The third-order valence-electron chi connectivity index (χ3n) is 4.82. The molecule has 4 rings (SSSR count). The fraction of sp³-hybridized carbons (Fsp3) is 0.217. The van der Waals surface area contributed by atoms with E-state index in [1.54, 1.807) is 38.3 Å². The number of carbonyl (C=O) groups excluding carboxylic acids is 1. The minimum Gasteiger partial charge on any atom is -0.496 e. The molecule has 34 heavy (non-hydrogen) atoms. The van der Waals surface area contributed by atoms with Crippen molar-refractivity contribution < 1.29 is 23.4 Å². The highest BCUT2D eigenvalue weighted by molar-refractivity contribution is 7.22. The Labute approximate surface area is 203 Å². The van der Waals surface area contributed by atoms with Crippen molar-refractivity contribution in [3.63, 3.8) is 0 Å². The molecule has 0 unspecified atom stereocenters. The van der Waals surface area contributed by atoms with Crippen LogP contribution in [-0.4, -0.2) is 48.3 Å². The number of fused-ring (bicyclic) bond motifs is 1. The highest BCUT2D eigenvalue weighted by atomic mass is 35.5. The van der Waals surface area contributed by atoms with Crippen LogP contribution in [0.1, 0.15) is 16.1 Å². The van der Waals surface area contributed by atoms with Gasteiger partial charge >= 0.3 is 0 Å². The molecule has 0 atom stereocenters. The number of aromatic nitrogens is 3. The average Bonchev–Trinajstić information content (AvgIpc) is 3.22. The zero-order valence-electron chi connectivity index (χ0n) is 18.5. The van der Waals surface area contributed by atoms with Crippen LogP contribution in [0.4, 0.5) is 9.52 Å². The van der Waals surface area contributed by atoms with Crippen molar-refractivity contribution in [1.29, 1.82) is 0 Å². The topological polar surface area (TPSA) is 95.5 Å². The van der Waals surface area contributed by atoms with Crippen LogP contribution in [0.3, 0.4) is 0 Å². The molecule has 0 aliphatic carbocycles. The molecule has 3 aromatic heterocycles. The van der Waals surface area contributed by atoms with E-state index in [-0.39, 0.29) is 21.9 Å². The van der Waals surface area contributed by atoms with Gasteiger partial charge in [0.15, 0.2) is 10.9 Å². The lowest BCUT2D eigenvalue weighted by Gasteiger charge is -2.14. The highest BCUT2D eigenvalue weighted by Gasteiger charge is 2.23. The van der Waals surface area contributed by atoms with Gasteiger partial charge in [-0.1, -0.05) is 22.9 Å². The number of nitrogens with zero attached hydrogens (tertiary/aromatic N) is 3. The van der Waals surface area contributed by atoms with Crippen molar-refractivity contribution in [3.8, 4) is 22.8 Å². The van der Waals surface area contributed by atoms with E-state index >= 15 is 4.39 Å². The van der Waals surface area contributed by atoms with E-state index in [0.29, 0.717) is 45.8 Å². The number of thiazole rings is 1. The molecule has 0 spiro atoms. The number of carbonyl (C=O) groups is 1. The lowest BCUT2D eigenvalue weighted by molar-refractivity contribution is 0.102. The average molecular weight is 503 g/mol. The van der Waals surface area contributed by atoms with E-state index in [1.807, 2.05) is 0 Å². The minimum atomic E-state index is -0.689. The molecule has 0 saturated carbocycles. The summed E-state index contributed by atoms with van der Waals surface area (Å²) in [7, 11) is 3.01. The third-order valence-corrected chi connectivity index (χ3v) is 5.99. The summed E-state index contributed by atoms with van der Waals surface area (Å²) in [5.41, 5.74) is 1.72. The van der Waals surface area contributed by atoms with Crippen LogP contribution in [-0.2, 0) is 4.74 Å². The molecule has 0 fully saturated rings. The van der Waals surface area contributed by atoms with E-state index in [9.17, 15) is 4.79 Å². The first-order valence-electron chi connectivity index (χ1n) is 10.1. The second kappa shape index (κ2) is 10.3. The van der Waals surface area contributed by atoms with Gasteiger partial charge in [-0.25, -0.2) is 14.4 Å². The number of amides is 1. The van der Waals surface area contributed by atoms with E-state index in [0.717, 1.165) is 0 Å². The van der Waals surface area contributed by atoms with Crippen LogP contribution in [0.25, 0.3) is 21.5 Å². The van der Waals surface area contributed by atoms with Gasteiger partial charge in [0.05, 0.1) is 29.9 Å². The molecule has 4 aromatic rings. The summed E-state index contributed by atoms with van der Waals surface area (Å²) >= 11 is 7.20. The van der Waals surface area contributed by atoms with Gasteiger partial charge in [-0.05, 0) is 31.2 Å². The van der Waals surface area contributed by atoms with Crippen molar-refractivity contribution in [2.75, 3.05) is 32.8 Å². The molecule has 8 nitrogen and oxygen atoms in total. The van der Waals surface area contributed by atoms with Gasteiger partial charge in [-0.15, -0.1) is 0 Å². The first kappa shape index (κ1) is 23.8. The molecule has 1 aromatic carbocycles. The van der Waals surface area contributed by atoms with Crippen molar-refractivity contribution in [2.24, 2.45) is 0 Å². The quantitative estimate of drug-likeness (QED) is 0.333. The van der Waals surface area contributed by atoms with Crippen LogP contribution in [0.15, 0.2) is 36.5 Å². The number of halogens is 2. The lowest BCUT2D eigenvalue weighted by Crippen LogP contribution is -2.14. The fourth-order valence-electron chi connectivity index (χ4n) is 3.23. The molecule has 0 aliphatic heterocycles. The number of ether oxygens (including phenoxy) is 3. The van der Waals surface area contributed by atoms with Gasteiger partial charge in [0.2, 0.25) is 5.88 Å². The molecule has 0 saturated heterocycles. The Hall–Kier alpha value is -3.34. The SMILES string of the molecule is COCCOc1ccc2nc(NC(=O)c3cnc(C)cc3-c3c(OC)ccc(Cl)c3F)sc2n1. The first-order chi connectivity index (χ1) is 16.4. The van der Waals surface area contributed by atoms with Gasteiger partial charge in [0.1, 0.15) is 22.7 Å². The molecule has 11 heteroatoms. The van der Waals surface area contributed by atoms with Crippen LogP contribution < -0.4 is 14.8 Å². The van der Waals surface area contributed by atoms with Crippen molar-refractivity contribution >= 4 is 44.3 Å². The maximum atomic E-state index is 15.0. The summed E-state index contributed by atoms with van der Waals surface area (Å²) < 4.78 is 30.8. The summed E-state index contributed by atoms with van der Waals surface area (Å²) in [6.45, 7) is 2.55. The number of aryl methyl sites for hydroxylation is 1. The summed E-state index contributed by atoms with van der Waals surface area (Å²) in [6.07, 6.45) is 1.38. The molecular weight excluding hydrogens is 483 g/mol. The Morgan fingerprint density at radius 2 is 2.00 bits per heavy atom.